The molecule has 0 radical (unpaired) electrons. The number of benzene rings is 2. The number of rotatable bonds is 4. The van der Waals surface area contributed by atoms with Crippen molar-refractivity contribution < 1.29 is 4.74 Å². The van der Waals surface area contributed by atoms with Gasteiger partial charge in [0, 0.05) is 10.0 Å². The minimum Gasteiger partial charge on any atom is -0.495 e. The highest BCUT2D eigenvalue weighted by Gasteiger charge is 2.17. The summed E-state index contributed by atoms with van der Waals surface area (Å²) in [5.41, 5.74) is 1.89. The summed E-state index contributed by atoms with van der Waals surface area (Å²) in [6, 6.07) is 11.0. The third-order valence-electron chi connectivity index (χ3n) is 3.07. The predicted molar refractivity (Wildman–Crippen MR) is 85.4 cm³/mol. The molecular formula is C15H14Cl3NO. The number of ether oxygens (including phenoxy) is 1. The van der Waals surface area contributed by atoms with Crippen LogP contribution in [-0.4, -0.2) is 14.2 Å². The Labute approximate surface area is 133 Å². The summed E-state index contributed by atoms with van der Waals surface area (Å²) in [5.74, 6) is 0.641. The number of methoxy groups -OCH3 is 1. The third-order valence-corrected chi connectivity index (χ3v) is 3.94. The van der Waals surface area contributed by atoms with Crippen molar-refractivity contribution in [2.24, 2.45) is 0 Å². The van der Waals surface area contributed by atoms with Gasteiger partial charge in [-0.3, -0.25) is 0 Å². The fourth-order valence-electron chi connectivity index (χ4n) is 2.10. The molecule has 0 aliphatic heterocycles. The van der Waals surface area contributed by atoms with Crippen LogP contribution < -0.4 is 10.1 Å². The molecule has 0 heterocycles. The van der Waals surface area contributed by atoms with E-state index in [1.807, 2.05) is 31.3 Å². The maximum absolute atomic E-state index is 6.26. The van der Waals surface area contributed by atoms with E-state index in [0.717, 1.165) is 11.1 Å². The Hall–Kier alpha value is -0.930. The molecule has 2 aromatic carbocycles. The van der Waals surface area contributed by atoms with Crippen molar-refractivity contribution in [3.8, 4) is 5.75 Å². The van der Waals surface area contributed by atoms with Gasteiger partial charge in [0.1, 0.15) is 5.75 Å². The topological polar surface area (TPSA) is 21.3 Å². The van der Waals surface area contributed by atoms with E-state index < -0.39 is 0 Å². The highest BCUT2D eigenvalue weighted by atomic mass is 35.5. The van der Waals surface area contributed by atoms with Crippen LogP contribution in [0.5, 0.6) is 5.75 Å². The molecule has 2 nitrogen and oxygen atoms in total. The van der Waals surface area contributed by atoms with Gasteiger partial charge in [0.05, 0.1) is 18.2 Å². The van der Waals surface area contributed by atoms with Gasteiger partial charge in [0.25, 0.3) is 0 Å². The SMILES string of the molecule is CNC(c1ccc(OC)c(Cl)c1)c1cc(Cl)ccc1Cl. The largest absolute Gasteiger partial charge is 0.495 e. The average Bonchev–Trinajstić information content (AvgIpc) is 2.44. The molecule has 1 N–H and O–H groups in total. The van der Waals surface area contributed by atoms with Crippen molar-refractivity contribution in [2.45, 2.75) is 6.04 Å². The van der Waals surface area contributed by atoms with Crippen molar-refractivity contribution in [1.29, 1.82) is 0 Å². The maximum Gasteiger partial charge on any atom is 0.137 e. The van der Waals surface area contributed by atoms with Crippen LogP contribution in [0.15, 0.2) is 36.4 Å². The molecule has 2 aromatic rings. The molecule has 1 atom stereocenters. The van der Waals surface area contributed by atoms with Crippen LogP contribution in [0, 0.1) is 0 Å². The van der Waals surface area contributed by atoms with Gasteiger partial charge < -0.3 is 10.1 Å². The molecule has 0 aliphatic carbocycles. The summed E-state index contributed by atoms with van der Waals surface area (Å²) in [7, 11) is 3.45. The van der Waals surface area contributed by atoms with E-state index in [9.17, 15) is 0 Å². The predicted octanol–water partition coefficient (Wildman–Crippen LogP) is 4.96. The normalized spacial score (nSPS) is 12.2. The lowest BCUT2D eigenvalue weighted by Gasteiger charge is -2.19. The fraction of sp³-hybridized carbons (Fsp3) is 0.200. The minimum absolute atomic E-state index is 0.0930. The Balaban J connectivity index is 2.46. The molecule has 0 saturated heterocycles. The monoisotopic (exact) mass is 329 g/mol. The van der Waals surface area contributed by atoms with E-state index in [4.69, 9.17) is 39.5 Å². The van der Waals surface area contributed by atoms with Crippen LogP contribution >= 0.6 is 34.8 Å². The van der Waals surface area contributed by atoms with Gasteiger partial charge in [-0.25, -0.2) is 0 Å². The lowest BCUT2D eigenvalue weighted by atomic mass is 9.98. The van der Waals surface area contributed by atoms with Gasteiger partial charge in [-0.1, -0.05) is 40.9 Å². The first kappa shape index (κ1) is 15.5. The smallest absolute Gasteiger partial charge is 0.137 e. The Morgan fingerprint density at radius 1 is 1.00 bits per heavy atom. The molecule has 0 spiro atoms. The first-order valence-electron chi connectivity index (χ1n) is 6.02. The minimum atomic E-state index is -0.0930. The number of hydrogen-bond acceptors (Lipinski definition) is 2. The van der Waals surface area contributed by atoms with Gasteiger partial charge in [0.15, 0.2) is 0 Å². The molecule has 0 bridgehead atoms. The average molecular weight is 331 g/mol. The molecule has 0 fully saturated rings. The van der Waals surface area contributed by atoms with Crippen molar-refractivity contribution in [3.05, 3.63) is 62.6 Å². The number of halogens is 3. The van der Waals surface area contributed by atoms with Gasteiger partial charge in [0.2, 0.25) is 0 Å². The zero-order chi connectivity index (χ0) is 14.7. The lowest BCUT2D eigenvalue weighted by molar-refractivity contribution is 0.414. The summed E-state index contributed by atoms with van der Waals surface area (Å²) in [6.45, 7) is 0. The van der Waals surface area contributed by atoms with Gasteiger partial charge in [-0.2, -0.15) is 0 Å². The summed E-state index contributed by atoms with van der Waals surface area (Å²) in [5, 5.41) is 5.08. The number of nitrogens with one attached hydrogen (secondary N) is 1. The second-order valence-electron chi connectivity index (χ2n) is 4.28. The van der Waals surface area contributed by atoms with Crippen LogP contribution in [0.2, 0.25) is 15.1 Å². The summed E-state index contributed by atoms with van der Waals surface area (Å²) in [6.07, 6.45) is 0. The van der Waals surface area contributed by atoms with Crippen LogP contribution in [0.25, 0.3) is 0 Å². The Bertz CT molecular complexity index is 616. The van der Waals surface area contributed by atoms with Crippen LogP contribution in [0.1, 0.15) is 17.2 Å². The van der Waals surface area contributed by atoms with Gasteiger partial charge >= 0.3 is 0 Å². The quantitative estimate of drug-likeness (QED) is 0.855. The highest BCUT2D eigenvalue weighted by molar-refractivity contribution is 6.33. The van der Waals surface area contributed by atoms with E-state index >= 15 is 0 Å². The Morgan fingerprint density at radius 2 is 1.75 bits per heavy atom. The van der Waals surface area contributed by atoms with E-state index in [1.165, 1.54) is 0 Å². The fourth-order valence-corrected chi connectivity index (χ4v) is 2.77. The molecule has 1 unspecified atom stereocenters. The summed E-state index contributed by atoms with van der Waals surface area (Å²) < 4.78 is 5.16. The van der Waals surface area contributed by atoms with Gasteiger partial charge in [-0.05, 0) is 48.5 Å². The molecule has 0 amide bonds. The Morgan fingerprint density at radius 3 is 2.35 bits per heavy atom. The molecule has 0 aromatic heterocycles. The molecule has 2 rings (SSSR count). The number of hydrogen-bond donors (Lipinski definition) is 1. The standard InChI is InChI=1S/C15H14Cl3NO/c1-19-15(11-8-10(16)4-5-12(11)17)9-3-6-14(20-2)13(18)7-9/h3-8,15,19H,1-2H3. The summed E-state index contributed by atoms with van der Waals surface area (Å²) >= 11 is 18.5. The van der Waals surface area contributed by atoms with E-state index in [-0.39, 0.29) is 6.04 Å². The lowest BCUT2D eigenvalue weighted by Crippen LogP contribution is -2.18. The molecule has 0 aliphatic rings. The highest BCUT2D eigenvalue weighted by Crippen LogP contribution is 2.34. The Kier molecular flexibility index (Phi) is 5.17. The van der Waals surface area contributed by atoms with E-state index in [1.54, 1.807) is 19.2 Å². The third kappa shape index (κ3) is 3.21. The van der Waals surface area contributed by atoms with Crippen LogP contribution in [0.3, 0.4) is 0 Å². The van der Waals surface area contributed by atoms with E-state index in [0.29, 0.717) is 20.8 Å². The van der Waals surface area contributed by atoms with Crippen LogP contribution in [-0.2, 0) is 0 Å². The zero-order valence-electron chi connectivity index (χ0n) is 11.1. The first-order chi connectivity index (χ1) is 9.56. The second-order valence-corrected chi connectivity index (χ2v) is 5.53. The van der Waals surface area contributed by atoms with E-state index in [2.05, 4.69) is 5.32 Å². The van der Waals surface area contributed by atoms with Crippen molar-refractivity contribution >= 4 is 34.8 Å². The molecule has 5 heteroatoms. The zero-order valence-corrected chi connectivity index (χ0v) is 13.4. The first-order valence-corrected chi connectivity index (χ1v) is 7.16. The molecule has 0 saturated carbocycles. The molecular weight excluding hydrogens is 317 g/mol. The van der Waals surface area contributed by atoms with Crippen molar-refractivity contribution in [3.63, 3.8) is 0 Å². The van der Waals surface area contributed by atoms with Crippen LogP contribution in [0.4, 0.5) is 0 Å². The maximum atomic E-state index is 6.26. The summed E-state index contributed by atoms with van der Waals surface area (Å²) in [4.78, 5) is 0. The van der Waals surface area contributed by atoms with Gasteiger partial charge in [-0.15, -0.1) is 0 Å². The second kappa shape index (κ2) is 6.68. The molecule has 106 valence electrons. The van der Waals surface area contributed by atoms with Crippen molar-refractivity contribution in [2.75, 3.05) is 14.2 Å². The van der Waals surface area contributed by atoms with Crippen molar-refractivity contribution in [1.82, 2.24) is 5.32 Å². The molecule has 20 heavy (non-hydrogen) atoms.